The summed E-state index contributed by atoms with van der Waals surface area (Å²) in [5.74, 6) is 0. The van der Waals surface area contributed by atoms with E-state index in [1.54, 1.807) is 0 Å². The zero-order valence-electron chi connectivity index (χ0n) is 13.2. The van der Waals surface area contributed by atoms with Crippen molar-refractivity contribution in [3.05, 3.63) is 28.8 Å². The molecule has 0 aliphatic heterocycles. The van der Waals surface area contributed by atoms with Crippen molar-refractivity contribution >= 4 is 17.3 Å². The number of nitrogens with zero attached hydrogens (tertiary/aromatic N) is 1. The highest BCUT2D eigenvalue weighted by atomic mass is 35.5. The van der Waals surface area contributed by atoms with Crippen LogP contribution in [0.15, 0.2) is 18.2 Å². The van der Waals surface area contributed by atoms with Crippen molar-refractivity contribution < 1.29 is 0 Å². The summed E-state index contributed by atoms with van der Waals surface area (Å²) < 4.78 is 0. The second-order valence-electron chi connectivity index (χ2n) is 6.90. The fourth-order valence-corrected chi connectivity index (χ4v) is 3.26. The van der Waals surface area contributed by atoms with E-state index in [0.29, 0.717) is 6.04 Å². The van der Waals surface area contributed by atoms with Crippen molar-refractivity contribution in [1.29, 1.82) is 0 Å². The molecule has 1 aromatic rings. The molecule has 112 valence electrons. The molecule has 0 atom stereocenters. The Morgan fingerprint density at radius 1 is 1.25 bits per heavy atom. The molecule has 0 heterocycles. The molecule has 3 heteroatoms. The van der Waals surface area contributed by atoms with E-state index < -0.39 is 0 Å². The van der Waals surface area contributed by atoms with Gasteiger partial charge in [0.05, 0.1) is 10.7 Å². The van der Waals surface area contributed by atoms with Gasteiger partial charge in [-0.1, -0.05) is 36.6 Å². The minimum Gasteiger partial charge on any atom is -0.370 e. The largest absolute Gasteiger partial charge is 0.370 e. The number of anilines is 1. The summed E-state index contributed by atoms with van der Waals surface area (Å²) in [7, 11) is 2.19. The minimum atomic E-state index is 0.117. The third-order valence-corrected chi connectivity index (χ3v) is 4.41. The fourth-order valence-electron chi connectivity index (χ4n) is 2.93. The van der Waals surface area contributed by atoms with Gasteiger partial charge < -0.3 is 10.2 Å². The van der Waals surface area contributed by atoms with Gasteiger partial charge in [0.15, 0.2) is 0 Å². The van der Waals surface area contributed by atoms with E-state index in [1.807, 2.05) is 12.1 Å². The van der Waals surface area contributed by atoms with Crippen molar-refractivity contribution in [2.24, 2.45) is 0 Å². The number of halogens is 1. The van der Waals surface area contributed by atoms with Gasteiger partial charge in [-0.05, 0) is 45.2 Å². The second kappa shape index (κ2) is 6.36. The SMILES string of the molecule is CN(c1c(Cl)cccc1CNC(C)(C)C)C1CCCC1. The van der Waals surface area contributed by atoms with Crippen LogP contribution in [0.5, 0.6) is 0 Å². The van der Waals surface area contributed by atoms with Crippen LogP contribution in [0, 0.1) is 0 Å². The Labute approximate surface area is 128 Å². The lowest BCUT2D eigenvalue weighted by atomic mass is 10.1. The van der Waals surface area contributed by atoms with E-state index in [2.05, 4.69) is 44.1 Å². The number of para-hydroxylation sites is 1. The van der Waals surface area contributed by atoms with Crippen LogP contribution in [0.2, 0.25) is 5.02 Å². The molecule has 2 rings (SSSR count). The molecule has 0 saturated heterocycles. The van der Waals surface area contributed by atoms with Gasteiger partial charge in [0.2, 0.25) is 0 Å². The summed E-state index contributed by atoms with van der Waals surface area (Å²) in [5.41, 5.74) is 2.62. The zero-order valence-corrected chi connectivity index (χ0v) is 13.9. The first kappa shape index (κ1) is 15.7. The molecule has 0 amide bonds. The molecule has 1 saturated carbocycles. The first-order valence-corrected chi connectivity index (χ1v) is 8.01. The van der Waals surface area contributed by atoms with Crippen LogP contribution in [-0.2, 0) is 6.54 Å². The Hall–Kier alpha value is -0.730. The van der Waals surface area contributed by atoms with Crippen LogP contribution in [0.25, 0.3) is 0 Å². The van der Waals surface area contributed by atoms with Crippen LogP contribution in [0.4, 0.5) is 5.69 Å². The second-order valence-corrected chi connectivity index (χ2v) is 7.31. The first-order chi connectivity index (χ1) is 9.38. The van der Waals surface area contributed by atoms with Gasteiger partial charge >= 0.3 is 0 Å². The van der Waals surface area contributed by atoms with E-state index in [9.17, 15) is 0 Å². The Morgan fingerprint density at radius 2 is 1.90 bits per heavy atom. The Kier molecular flexibility index (Phi) is 4.98. The summed E-state index contributed by atoms with van der Waals surface area (Å²) in [6, 6.07) is 6.88. The van der Waals surface area contributed by atoms with E-state index in [-0.39, 0.29) is 5.54 Å². The fraction of sp³-hybridized carbons (Fsp3) is 0.647. The first-order valence-electron chi connectivity index (χ1n) is 7.64. The van der Waals surface area contributed by atoms with Gasteiger partial charge in [0, 0.05) is 25.2 Å². The number of benzene rings is 1. The summed E-state index contributed by atoms with van der Waals surface area (Å²) in [5, 5.41) is 4.43. The maximum absolute atomic E-state index is 6.48. The molecule has 0 aromatic heterocycles. The van der Waals surface area contributed by atoms with E-state index in [0.717, 1.165) is 11.6 Å². The van der Waals surface area contributed by atoms with Gasteiger partial charge in [0.1, 0.15) is 0 Å². The lowest BCUT2D eigenvalue weighted by Gasteiger charge is -2.30. The maximum atomic E-state index is 6.48. The Bertz CT molecular complexity index is 445. The molecule has 1 fully saturated rings. The van der Waals surface area contributed by atoms with E-state index in [1.165, 1.54) is 36.9 Å². The van der Waals surface area contributed by atoms with E-state index in [4.69, 9.17) is 11.6 Å². The standard InChI is InChI=1S/C17H27ClN2/c1-17(2,3)19-12-13-8-7-11-15(18)16(13)20(4)14-9-5-6-10-14/h7-8,11,14,19H,5-6,9-10,12H2,1-4H3. The molecule has 0 spiro atoms. The Morgan fingerprint density at radius 3 is 2.50 bits per heavy atom. The van der Waals surface area contributed by atoms with Crippen LogP contribution < -0.4 is 10.2 Å². The highest BCUT2D eigenvalue weighted by Gasteiger charge is 2.23. The lowest BCUT2D eigenvalue weighted by molar-refractivity contribution is 0.424. The van der Waals surface area contributed by atoms with Gasteiger partial charge in [-0.2, -0.15) is 0 Å². The van der Waals surface area contributed by atoms with Gasteiger partial charge in [0.25, 0.3) is 0 Å². The molecule has 0 bridgehead atoms. The average molecular weight is 295 g/mol. The molecule has 0 radical (unpaired) electrons. The van der Waals surface area contributed by atoms with Crippen molar-refractivity contribution in [2.75, 3.05) is 11.9 Å². The molecular formula is C17H27ClN2. The van der Waals surface area contributed by atoms with Crippen LogP contribution in [0.1, 0.15) is 52.0 Å². The molecule has 2 nitrogen and oxygen atoms in total. The number of hydrogen-bond donors (Lipinski definition) is 1. The number of nitrogens with one attached hydrogen (secondary N) is 1. The smallest absolute Gasteiger partial charge is 0.0642 e. The van der Waals surface area contributed by atoms with Crippen molar-refractivity contribution in [1.82, 2.24) is 5.32 Å². The number of hydrogen-bond acceptors (Lipinski definition) is 2. The molecule has 1 aliphatic carbocycles. The van der Waals surface area contributed by atoms with Gasteiger partial charge in [-0.15, -0.1) is 0 Å². The monoisotopic (exact) mass is 294 g/mol. The van der Waals surface area contributed by atoms with Crippen LogP contribution in [0.3, 0.4) is 0 Å². The number of rotatable bonds is 4. The summed E-state index contributed by atoms with van der Waals surface area (Å²) >= 11 is 6.48. The highest BCUT2D eigenvalue weighted by Crippen LogP contribution is 2.34. The molecular weight excluding hydrogens is 268 g/mol. The third-order valence-electron chi connectivity index (χ3n) is 4.10. The molecule has 0 unspecified atom stereocenters. The maximum Gasteiger partial charge on any atom is 0.0642 e. The lowest BCUT2D eigenvalue weighted by Crippen LogP contribution is -2.36. The van der Waals surface area contributed by atoms with Crippen LogP contribution in [-0.4, -0.2) is 18.6 Å². The molecule has 1 aromatic carbocycles. The Balaban J connectivity index is 2.21. The average Bonchev–Trinajstić information content (AvgIpc) is 2.88. The molecule has 1 N–H and O–H groups in total. The normalized spacial score (nSPS) is 16.6. The highest BCUT2D eigenvalue weighted by molar-refractivity contribution is 6.33. The summed E-state index contributed by atoms with van der Waals surface area (Å²) in [4.78, 5) is 2.40. The predicted molar refractivity (Wildman–Crippen MR) is 88.7 cm³/mol. The van der Waals surface area contributed by atoms with Crippen LogP contribution >= 0.6 is 11.6 Å². The quantitative estimate of drug-likeness (QED) is 0.872. The van der Waals surface area contributed by atoms with Crippen molar-refractivity contribution in [3.63, 3.8) is 0 Å². The van der Waals surface area contributed by atoms with Gasteiger partial charge in [-0.3, -0.25) is 0 Å². The third kappa shape index (κ3) is 3.89. The summed E-state index contributed by atoms with van der Waals surface area (Å²) in [6.45, 7) is 7.43. The zero-order chi connectivity index (χ0) is 14.8. The topological polar surface area (TPSA) is 15.3 Å². The van der Waals surface area contributed by atoms with Gasteiger partial charge in [-0.25, -0.2) is 0 Å². The predicted octanol–water partition coefficient (Wildman–Crippen LogP) is 4.61. The van der Waals surface area contributed by atoms with E-state index >= 15 is 0 Å². The summed E-state index contributed by atoms with van der Waals surface area (Å²) in [6.07, 6.45) is 5.26. The molecule has 20 heavy (non-hydrogen) atoms. The molecule has 1 aliphatic rings. The van der Waals surface area contributed by atoms with Crippen molar-refractivity contribution in [2.45, 2.75) is 64.6 Å². The van der Waals surface area contributed by atoms with Crippen molar-refractivity contribution in [3.8, 4) is 0 Å². The minimum absolute atomic E-state index is 0.117.